The molecule has 0 saturated carbocycles. The van der Waals surface area contributed by atoms with Crippen molar-refractivity contribution in [3.8, 4) is 0 Å². The van der Waals surface area contributed by atoms with Crippen LogP contribution in [-0.4, -0.2) is 29.7 Å². The normalized spacial score (nSPS) is 19.7. The summed E-state index contributed by atoms with van der Waals surface area (Å²) in [5.74, 6) is 4.38. The van der Waals surface area contributed by atoms with Crippen molar-refractivity contribution in [2.45, 2.75) is 38.8 Å². The Hall–Kier alpha value is -1.73. The molecular formula is C16H23F2N3O2. The van der Waals surface area contributed by atoms with E-state index in [-0.39, 0.29) is 11.5 Å². The number of benzene rings is 1. The third-order valence-corrected chi connectivity index (χ3v) is 3.82. The number of carbonyl (C=O) groups is 1. The number of nitrogens with one attached hydrogen (secondary N) is 1. The number of nitrogens with two attached hydrogens (primary N) is 1. The van der Waals surface area contributed by atoms with Crippen molar-refractivity contribution in [3.05, 3.63) is 35.4 Å². The molecule has 1 aliphatic rings. The third kappa shape index (κ3) is 4.39. The first-order chi connectivity index (χ1) is 10.7. The summed E-state index contributed by atoms with van der Waals surface area (Å²) >= 11 is 0. The van der Waals surface area contributed by atoms with E-state index in [9.17, 15) is 13.6 Å². The van der Waals surface area contributed by atoms with E-state index in [4.69, 9.17) is 10.6 Å². The fraction of sp³-hybridized carbons (Fsp3) is 0.562. The van der Waals surface area contributed by atoms with Crippen LogP contribution >= 0.6 is 0 Å². The van der Waals surface area contributed by atoms with Crippen molar-refractivity contribution in [3.63, 3.8) is 0 Å². The zero-order chi connectivity index (χ0) is 17.2. The van der Waals surface area contributed by atoms with Crippen molar-refractivity contribution in [1.29, 1.82) is 0 Å². The van der Waals surface area contributed by atoms with E-state index < -0.39 is 29.4 Å². The van der Waals surface area contributed by atoms with Crippen molar-refractivity contribution in [2.24, 2.45) is 11.8 Å². The maximum Gasteiger partial charge on any atom is 0.410 e. The van der Waals surface area contributed by atoms with Gasteiger partial charge in [0.05, 0.1) is 6.04 Å². The summed E-state index contributed by atoms with van der Waals surface area (Å²) in [7, 11) is 0. The molecule has 2 rings (SSSR count). The number of likely N-dealkylation sites (tertiary alicyclic amines) is 1. The van der Waals surface area contributed by atoms with Gasteiger partial charge in [0.2, 0.25) is 0 Å². The molecule has 128 valence electrons. The van der Waals surface area contributed by atoms with E-state index in [2.05, 4.69) is 5.43 Å². The van der Waals surface area contributed by atoms with Gasteiger partial charge in [0.1, 0.15) is 17.2 Å². The highest BCUT2D eigenvalue weighted by atomic mass is 19.1. The quantitative estimate of drug-likeness (QED) is 0.662. The van der Waals surface area contributed by atoms with E-state index >= 15 is 0 Å². The maximum absolute atomic E-state index is 14.0. The minimum absolute atomic E-state index is 0.121. The van der Waals surface area contributed by atoms with E-state index in [1.807, 2.05) is 0 Å². The van der Waals surface area contributed by atoms with Gasteiger partial charge in [-0.3, -0.25) is 11.3 Å². The molecule has 7 heteroatoms. The van der Waals surface area contributed by atoms with Gasteiger partial charge in [0.25, 0.3) is 0 Å². The lowest BCUT2D eigenvalue weighted by Crippen LogP contribution is -2.38. The van der Waals surface area contributed by atoms with Gasteiger partial charge in [-0.15, -0.1) is 0 Å². The van der Waals surface area contributed by atoms with E-state index in [1.54, 1.807) is 25.7 Å². The van der Waals surface area contributed by atoms with Crippen LogP contribution in [-0.2, 0) is 4.74 Å². The summed E-state index contributed by atoms with van der Waals surface area (Å²) in [6.45, 7) is 6.26. The fourth-order valence-electron chi connectivity index (χ4n) is 2.78. The Balaban J connectivity index is 2.10. The summed E-state index contributed by atoms with van der Waals surface area (Å²) in [6.07, 6.45) is 0.222. The second-order valence-corrected chi connectivity index (χ2v) is 6.79. The Morgan fingerprint density at radius 1 is 1.43 bits per heavy atom. The molecule has 1 fully saturated rings. The van der Waals surface area contributed by atoms with Crippen molar-refractivity contribution < 1.29 is 18.3 Å². The molecule has 0 aromatic heterocycles. The molecule has 23 heavy (non-hydrogen) atoms. The number of amides is 1. The molecule has 0 bridgehead atoms. The number of carbonyl (C=O) groups excluding carboxylic acids is 1. The predicted octanol–water partition coefficient (Wildman–Crippen LogP) is 2.73. The average molecular weight is 327 g/mol. The van der Waals surface area contributed by atoms with Crippen molar-refractivity contribution in [2.75, 3.05) is 13.1 Å². The molecule has 0 radical (unpaired) electrons. The van der Waals surface area contributed by atoms with Crippen LogP contribution in [0.2, 0.25) is 0 Å². The monoisotopic (exact) mass is 327 g/mol. The zero-order valence-corrected chi connectivity index (χ0v) is 13.6. The highest BCUT2D eigenvalue weighted by Crippen LogP contribution is 2.32. The molecule has 1 aromatic rings. The molecule has 1 amide bonds. The lowest BCUT2D eigenvalue weighted by molar-refractivity contribution is 0.0285. The molecule has 5 nitrogen and oxygen atoms in total. The Morgan fingerprint density at radius 2 is 2.13 bits per heavy atom. The smallest absolute Gasteiger partial charge is 0.410 e. The Labute approximate surface area is 134 Å². The second kappa shape index (κ2) is 6.80. The zero-order valence-electron chi connectivity index (χ0n) is 13.6. The average Bonchev–Trinajstić information content (AvgIpc) is 2.91. The number of halogens is 2. The van der Waals surface area contributed by atoms with Crippen LogP contribution in [0.5, 0.6) is 0 Å². The summed E-state index contributed by atoms with van der Waals surface area (Å²) in [5.41, 5.74) is 2.15. The predicted molar refractivity (Wildman–Crippen MR) is 82.3 cm³/mol. The molecule has 1 heterocycles. The van der Waals surface area contributed by atoms with Gasteiger partial charge in [0.15, 0.2) is 0 Å². The third-order valence-electron chi connectivity index (χ3n) is 3.82. The molecular weight excluding hydrogens is 304 g/mol. The van der Waals surface area contributed by atoms with Crippen LogP contribution in [0.4, 0.5) is 13.6 Å². The van der Waals surface area contributed by atoms with Gasteiger partial charge in [-0.1, -0.05) is 0 Å². The van der Waals surface area contributed by atoms with Gasteiger partial charge >= 0.3 is 6.09 Å². The molecule has 0 aliphatic carbocycles. The van der Waals surface area contributed by atoms with Crippen LogP contribution < -0.4 is 11.3 Å². The van der Waals surface area contributed by atoms with Crippen LogP contribution in [0, 0.1) is 17.6 Å². The molecule has 1 saturated heterocycles. The fourth-order valence-corrected chi connectivity index (χ4v) is 2.78. The van der Waals surface area contributed by atoms with Gasteiger partial charge in [0, 0.05) is 18.7 Å². The molecule has 0 spiro atoms. The van der Waals surface area contributed by atoms with Gasteiger partial charge in [-0.25, -0.2) is 13.6 Å². The number of ether oxygens (including phenoxy) is 1. The molecule has 2 atom stereocenters. The number of rotatable bonds is 3. The van der Waals surface area contributed by atoms with E-state index in [0.717, 1.165) is 18.2 Å². The molecule has 3 N–H and O–H groups in total. The van der Waals surface area contributed by atoms with Gasteiger partial charge in [-0.05, 0) is 51.3 Å². The lowest BCUT2D eigenvalue weighted by atomic mass is 9.92. The largest absolute Gasteiger partial charge is 0.444 e. The standard InChI is InChI=1S/C16H23F2N3O2/c1-16(2,3)23-15(22)21-7-6-10(9-21)14(20-19)12-8-11(17)4-5-13(12)18/h4-5,8,10,14,20H,6-7,9,19H2,1-3H3. The SMILES string of the molecule is CC(C)(C)OC(=O)N1CCC(C(NN)c2cc(F)ccc2F)C1. The Kier molecular flexibility index (Phi) is 5.21. The first kappa shape index (κ1) is 17.6. The van der Waals surface area contributed by atoms with Crippen molar-refractivity contribution >= 4 is 6.09 Å². The Morgan fingerprint density at radius 3 is 2.74 bits per heavy atom. The van der Waals surface area contributed by atoms with Crippen LogP contribution in [0.1, 0.15) is 38.8 Å². The molecule has 2 unspecified atom stereocenters. The number of nitrogens with zero attached hydrogens (tertiary/aromatic N) is 1. The summed E-state index contributed by atoms with van der Waals surface area (Å²) in [4.78, 5) is 13.7. The molecule has 1 aliphatic heterocycles. The maximum atomic E-state index is 14.0. The van der Waals surface area contributed by atoms with Crippen LogP contribution in [0.3, 0.4) is 0 Å². The lowest BCUT2D eigenvalue weighted by Gasteiger charge is -2.26. The highest BCUT2D eigenvalue weighted by molar-refractivity contribution is 5.68. The summed E-state index contributed by atoms with van der Waals surface area (Å²) in [5, 5.41) is 0. The highest BCUT2D eigenvalue weighted by Gasteiger charge is 2.35. The first-order valence-corrected chi connectivity index (χ1v) is 7.60. The first-order valence-electron chi connectivity index (χ1n) is 7.60. The number of hydrazine groups is 1. The number of hydrogen-bond donors (Lipinski definition) is 2. The van der Waals surface area contributed by atoms with E-state index in [0.29, 0.717) is 19.5 Å². The van der Waals surface area contributed by atoms with Gasteiger partial charge < -0.3 is 9.64 Å². The molecule has 1 aromatic carbocycles. The van der Waals surface area contributed by atoms with Crippen LogP contribution in [0.15, 0.2) is 18.2 Å². The minimum atomic E-state index is -0.574. The second-order valence-electron chi connectivity index (χ2n) is 6.79. The summed E-state index contributed by atoms with van der Waals surface area (Å²) in [6, 6.07) is 2.71. The minimum Gasteiger partial charge on any atom is -0.444 e. The topological polar surface area (TPSA) is 67.6 Å². The Bertz CT molecular complexity index is 575. The van der Waals surface area contributed by atoms with Crippen LogP contribution in [0.25, 0.3) is 0 Å². The van der Waals surface area contributed by atoms with Gasteiger partial charge in [-0.2, -0.15) is 0 Å². The number of hydrogen-bond acceptors (Lipinski definition) is 4. The van der Waals surface area contributed by atoms with E-state index in [1.165, 1.54) is 0 Å². The summed E-state index contributed by atoms with van der Waals surface area (Å²) < 4.78 is 32.7. The van der Waals surface area contributed by atoms with Crippen molar-refractivity contribution in [1.82, 2.24) is 10.3 Å².